The van der Waals surface area contributed by atoms with Gasteiger partial charge in [-0.3, -0.25) is 14.2 Å². The van der Waals surface area contributed by atoms with E-state index in [2.05, 4.69) is 4.98 Å². The molecule has 164 valence electrons. The molecule has 0 spiro atoms. The number of rotatable bonds is 6. The van der Waals surface area contributed by atoms with Crippen molar-refractivity contribution in [3.63, 3.8) is 0 Å². The summed E-state index contributed by atoms with van der Waals surface area (Å²) in [6.07, 6.45) is 1.27. The predicted molar refractivity (Wildman–Crippen MR) is 116 cm³/mol. The number of carbonyl (C=O) groups excluding carboxylic acids is 2. The highest BCUT2D eigenvalue weighted by Gasteiger charge is 2.28. The van der Waals surface area contributed by atoms with E-state index in [1.807, 2.05) is 51.1 Å². The molecule has 0 aliphatic carbocycles. The lowest BCUT2D eigenvalue weighted by Gasteiger charge is -2.36. The lowest BCUT2D eigenvalue weighted by molar-refractivity contribution is -0.137. The Morgan fingerprint density at radius 1 is 1.19 bits per heavy atom. The van der Waals surface area contributed by atoms with Crippen molar-refractivity contribution in [2.45, 2.75) is 53.2 Å². The summed E-state index contributed by atoms with van der Waals surface area (Å²) in [7, 11) is 0. The number of furan rings is 1. The van der Waals surface area contributed by atoms with E-state index in [-0.39, 0.29) is 41.5 Å². The van der Waals surface area contributed by atoms with Gasteiger partial charge in [0.05, 0.1) is 6.61 Å². The van der Waals surface area contributed by atoms with E-state index < -0.39 is 17.1 Å². The summed E-state index contributed by atoms with van der Waals surface area (Å²) in [6.45, 7) is 9.44. The molecule has 3 rings (SSSR count). The molecule has 3 aromatic rings. The van der Waals surface area contributed by atoms with Crippen LogP contribution in [0.5, 0.6) is 0 Å². The fourth-order valence-electron chi connectivity index (χ4n) is 3.40. The molecule has 1 amide bonds. The van der Waals surface area contributed by atoms with Crippen LogP contribution in [0.25, 0.3) is 11.1 Å². The number of carbonyl (C=O) groups is 2. The molecule has 0 unspecified atom stereocenters. The van der Waals surface area contributed by atoms with Crippen LogP contribution >= 0.6 is 0 Å². The zero-order chi connectivity index (χ0) is 22.8. The average molecular weight is 425 g/mol. The van der Waals surface area contributed by atoms with Gasteiger partial charge in [0.25, 0.3) is 5.56 Å². The van der Waals surface area contributed by atoms with E-state index in [1.54, 1.807) is 18.7 Å². The van der Waals surface area contributed by atoms with Crippen LogP contribution < -0.4 is 5.56 Å². The number of hydrogen-bond donors (Lipinski definition) is 0. The molecule has 0 saturated heterocycles. The summed E-state index contributed by atoms with van der Waals surface area (Å²) in [6, 6.07) is 9.65. The second-order valence-corrected chi connectivity index (χ2v) is 8.25. The first-order valence-corrected chi connectivity index (χ1v) is 10.1. The summed E-state index contributed by atoms with van der Waals surface area (Å²) < 4.78 is 11.7. The monoisotopic (exact) mass is 425 g/mol. The van der Waals surface area contributed by atoms with Crippen molar-refractivity contribution in [3.05, 3.63) is 63.9 Å². The maximum absolute atomic E-state index is 13.2. The molecule has 1 aromatic carbocycles. The van der Waals surface area contributed by atoms with Gasteiger partial charge in [-0.1, -0.05) is 30.3 Å². The van der Waals surface area contributed by atoms with Crippen molar-refractivity contribution in [2.24, 2.45) is 0 Å². The minimum absolute atomic E-state index is 0.0246. The molecule has 0 N–H and O–H groups in total. The lowest BCUT2D eigenvalue weighted by Crippen LogP contribution is -2.47. The Kier molecular flexibility index (Phi) is 6.29. The SMILES string of the molecule is CCOC(=O)c1c(C)oc2ncn(CC(=O)N(Cc3ccccc3)C(C)(C)C)c(=O)c12. The molecule has 0 saturated carbocycles. The summed E-state index contributed by atoms with van der Waals surface area (Å²) in [5.41, 5.74) is 0.101. The van der Waals surface area contributed by atoms with E-state index >= 15 is 0 Å². The van der Waals surface area contributed by atoms with E-state index in [1.165, 1.54) is 10.9 Å². The molecule has 0 atom stereocenters. The van der Waals surface area contributed by atoms with Gasteiger partial charge in [0.1, 0.15) is 29.6 Å². The van der Waals surface area contributed by atoms with Crippen molar-refractivity contribution in [2.75, 3.05) is 6.61 Å². The van der Waals surface area contributed by atoms with E-state index in [4.69, 9.17) is 9.15 Å². The Bertz CT molecular complexity index is 1160. The third-order valence-electron chi connectivity index (χ3n) is 4.93. The number of hydrogen-bond acceptors (Lipinski definition) is 6. The molecule has 2 aromatic heterocycles. The van der Waals surface area contributed by atoms with Gasteiger partial charge in [0.2, 0.25) is 11.6 Å². The number of fused-ring (bicyclic) bond motifs is 1. The normalized spacial score (nSPS) is 11.5. The van der Waals surface area contributed by atoms with Crippen LogP contribution in [-0.2, 0) is 22.6 Å². The Morgan fingerprint density at radius 2 is 1.87 bits per heavy atom. The zero-order valence-electron chi connectivity index (χ0n) is 18.5. The van der Waals surface area contributed by atoms with Gasteiger partial charge in [0.15, 0.2) is 0 Å². The second-order valence-electron chi connectivity index (χ2n) is 8.25. The maximum atomic E-state index is 13.2. The minimum Gasteiger partial charge on any atom is -0.462 e. The van der Waals surface area contributed by atoms with Gasteiger partial charge in [-0.25, -0.2) is 9.78 Å². The lowest BCUT2D eigenvalue weighted by atomic mass is 10.0. The number of aromatic nitrogens is 2. The van der Waals surface area contributed by atoms with Crippen LogP contribution in [-0.4, -0.2) is 38.5 Å². The van der Waals surface area contributed by atoms with Gasteiger partial charge in [0, 0.05) is 12.1 Å². The molecule has 0 aliphatic heterocycles. The summed E-state index contributed by atoms with van der Waals surface area (Å²) in [5, 5.41) is 0.0246. The Balaban J connectivity index is 1.97. The third kappa shape index (κ3) is 4.68. The molecule has 0 aliphatic rings. The van der Waals surface area contributed by atoms with Gasteiger partial charge in [-0.15, -0.1) is 0 Å². The van der Waals surface area contributed by atoms with Crippen LogP contribution in [0.2, 0.25) is 0 Å². The molecule has 2 heterocycles. The topological polar surface area (TPSA) is 94.6 Å². The number of nitrogens with zero attached hydrogens (tertiary/aromatic N) is 3. The predicted octanol–water partition coefficient (Wildman–Crippen LogP) is 3.30. The molecular formula is C23H27N3O5. The molecule has 8 heteroatoms. The van der Waals surface area contributed by atoms with Gasteiger partial charge in [-0.2, -0.15) is 0 Å². The summed E-state index contributed by atoms with van der Waals surface area (Å²) in [4.78, 5) is 44.5. The Hall–Kier alpha value is -3.42. The highest BCUT2D eigenvalue weighted by Crippen LogP contribution is 2.22. The number of aryl methyl sites for hydroxylation is 1. The van der Waals surface area contributed by atoms with E-state index in [0.717, 1.165) is 5.56 Å². The van der Waals surface area contributed by atoms with E-state index in [9.17, 15) is 14.4 Å². The molecule has 31 heavy (non-hydrogen) atoms. The molecule has 8 nitrogen and oxygen atoms in total. The van der Waals surface area contributed by atoms with Crippen molar-refractivity contribution in [1.29, 1.82) is 0 Å². The van der Waals surface area contributed by atoms with Crippen LogP contribution in [0.1, 0.15) is 49.4 Å². The number of esters is 1. The first-order valence-electron chi connectivity index (χ1n) is 10.1. The zero-order valence-corrected chi connectivity index (χ0v) is 18.5. The van der Waals surface area contributed by atoms with Crippen LogP contribution in [0, 0.1) is 6.92 Å². The highest BCUT2D eigenvalue weighted by atomic mass is 16.5. The van der Waals surface area contributed by atoms with Gasteiger partial charge in [-0.05, 0) is 40.2 Å². The first-order chi connectivity index (χ1) is 14.6. The van der Waals surface area contributed by atoms with E-state index in [0.29, 0.717) is 6.54 Å². The largest absolute Gasteiger partial charge is 0.462 e. The van der Waals surface area contributed by atoms with Crippen molar-refractivity contribution in [1.82, 2.24) is 14.5 Å². The van der Waals surface area contributed by atoms with Gasteiger partial charge < -0.3 is 14.1 Å². The minimum atomic E-state index is -0.651. The Morgan fingerprint density at radius 3 is 2.48 bits per heavy atom. The van der Waals surface area contributed by atoms with Gasteiger partial charge >= 0.3 is 5.97 Å². The first kappa shape index (κ1) is 22.3. The molecule has 0 radical (unpaired) electrons. The van der Waals surface area contributed by atoms with Crippen LogP contribution in [0.4, 0.5) is 0 Å². The second kappa shape index (κ2) is 8.75. The summed E-state index contributed by atoms with van der Waals surface area (Å²) >= 11 is 0. The quantitative estimate of drug-likeness (QED) is 0.563. The number of ether oxygens (including phenoxy) is 1. The van der Waals surface area contributed by atoms with Crippen molar-refractivity contribution < 1.29 is 18.7 Å². The molecule has 0 bridgehead atoms. The Labute approximate surface area is 180 Å². The number of amides is 1. The van der Waals surface area contributed by atoms with Crippen molar-refractivity contribution in [3.8, 4) is 0 Å². The fraction of sp³-hybridized carbons (Fsp3) is 0.391. The summed E-state index contributed by atoms with van der Waals surface area (Å²) in [5.74, 6) is -0.637. The standard InChI is InChI=1S/C23H27N3O5/c1-6-30-22(29)18-15(2)31-20-19(18)21(28)25(14-24-20)13-17(27)26(23(3,4)5)12-16-10-8-7-9-11-16/h7-11,14H,6,12-13H2,1-5H3. The smallest absolute Gasteiger partial charge is 0.342 e. The van der Waals surface area contributed by atoms with Crippen LogP contribution in [0.3, 0.4) is 0 Å². The fourth-order valence-corrected chi connectivity index (χ4v) is 3.40. The average Bonchev–Trinajstić information content (AvgIpc) is 3.05. The third-order valence-corrected chi connectivity index (χ3v) is 4.93. The maximum Gasteiger partial charge on any atom is 0.342 e. The van der Waals surface area contributed by atoms with Crippen LogP contribution in [0.15, 0.2) is 45.9 Å². The van der Waals surface area contributed by atoms with Crippen molar-refractivity contribution >= 4 is 23.0 Å². The molecular weight excluding hydrogens is 398 g/mol. The molecule has 0 fully saturated rings. The number of benzene rings is 1. The highest BCUT2D eigenvalue weighted by molar-refractivity contribution is 6.03.